The minimum absolute atomic E-state index is 0.00818. The third-order valence-electron chi connectivity index (χ3n) is 2.94. The van der Waals surface area contributed by atoms with Crippen LogP contribution >= 0.6 is 0 Å². The van der Waals surface area contributed by atoms with Crippen LogP contribution in [0.1, 0.15) is 17.4 Å². The number of carbonyl (C=O) groups excluding carboxylic acids is 2. The van der Waals surface area contributed by atoms with Crippen LogP contribution in [0.25, 0.3) is 0 Å². The molecule has 1 N–H and O–H groups in total. The Labute approximate surface area is 135 Å². The number of esters is 1. The Morgan fingerprint density at radius 3 is 2.71 bits per heavy atom. The highest BCUT2D eigenvalue weighted by Gasteiger charge is 2.21. The molecule has 0 unspecified atom stereocenters. The number of nitrogens with one attached hydrogen (secondary N) is 1. The van der Waals surface area contributed by atoms with Gasteiger partial charge in [0, 0.05) is 18.0 Å². The van der Waals surface area contributed by atoms with Gasteiger partial charge in [-0.05, 0) is 31.2 Å². The number of pyridine rings is 1. The molecule has 8 nitrogen and oxygen atoms in total. The van der Waals surface area contributed by atoms with Crippen molar-refractivity contribution in [3.8, 4) is 0 Å². The van der Waals surface area contributed by atoms with Crippen LogP contribution < -0.4 is 5.32 Å². The first-order valence-corrected chi connectivity index (χ1v) is 6.75. The van der Waals surface area contributed by atoms with Crippen LogP contribution in [0.2, 0.25) is 0 Å². The van der Waals surface area contributed by atoms with Gasteiger partial charge in [-0.15, -0.1) is 0 Å². The molecule has 1 heterocycles. The number of hydrogen-bond donors (Lipinski definition) is 1. The summed E-state index contributed by atoms with van der Waals surface area (Å²) < 4.78 is 18.2. The summed E-state index contributed by atoms with van der Waals surface area (Å²) in [6.45, 7) is 1.33. The molecule has 0 saturated heterocycles. The van der Waals surface area contributed by atoms with Crippen LogP contribution in [0.5, 0.6) is 0 Å². The van der Waals surface area contributed by atoms with Crippen LogP contribution in [0.3, 0.4) is 0 Å². The number of hydrogen-bond acceptors (Lipinski definition) is 6. The smallest absolute Gasteiger partial charge is 0.357 e. The number of rotatable bonds is 5. The Balaban J connectivity index is 2.03. The predicted octanol–water partition coefficient (Wildman–Crippen LogP) is 2.31. The maximum Gasteiger partial charge on any atom is 0.357 e. The van der Waals surface area contributed by atoms with Crippen molar-refractivity contribution in [2.75, 3.05) is 5.32 Å². The highest BCUT2D eigenvalue weighted by molar-refractivity contribution is 5.97. The van der Waals surface area contributed by atoms with Gasteiger partial charge in [-0.1, -0.05) is 6.07 Å². The molecule has 1 aromatic carbocycles. The molecule has 0 saturated carbocycles. The number of carbonyl (C=O) groups is 2. The average Bonchev–Trinajstić information content (AvgIpc) is 2.57. The number of amides is 1. The quantitative estimate of drug-likeness (QED) is 0.510. The minimum Gasteiger partial charge on any atom is -0.448 e. The van der Waals surface area contributed by atoms with E-state index >= 15 is 0 Å². The molecular weight excluding hydrogens is 321 g/mol. The van der Waals surface area contributed by atoms with Gasteiger partial charge in [-0.25, -0.2) is 9.78 Å². The van der Waals surface area contributed by atoms with Gasteiger partial charge in [0.05, 0.1) is 4.92 Å². The highest BCUT2D eigenvalue weighted by Crippen LogP contribution is 2.21. The van der Waals surface area contributed by atoms with Crippen molar-refractivity contribution in [3.63, 3.8) is 0 Å². The molecule has 9 heteroatoms. The van der Waals surface area contributed by atoms with Gasteiger partial charge in [0.15, 0.2) is 6.10 Å². The fraction of sp³-hybridized carbons (Fsp3) is 0.133. The fourth-order valence-electron chi connectivity index (χ4n) is 1.73. The lowest BCUT2D eigenvalue weighted by molar-refractivity contribution is -0.387. The lowest BCUT2D eigenvalue weighted by Gasteiger charge is -2.13. The number of nitro benzene ring substituents is 1. The molecule has 0 fully saturated rings. The summed E-state index contributed by atoms with van der Waals surface area (Å²) in [5.74, 6) is -2.53. The number of ether oxygens (including phenoxy) is 1. The summed E-state index contributed by atoms with van der Waals surface area (Å²) in [6.07, 6.45) is 0.225. The summed E-state index contributed by atoms with van der Waals surface area (Å²) in [5.41, 5.74) is -0.727. The van der Waals surface area contributed by atoms with Gasteiger partial charge in [0.1, 0.15) is 5.69 Å². The van der Waals surface area contributed by atoms with E-state index in [2.05, 4.69) is 10.3 Å². The molecule has 0 aliphatic rings. The number of aromatic nitrogens is 1. The Kier molecular flexibility index (Phi) is 5.15. The summed E-state index contributed by atoms with van der Waals surface area (Å²) in [6, 6.07) is 7.53. The zero-order chi connectivity index (χ0) is 17.7. The second kappa shape index (κ2) is 7.27. The van der Waals surface area contributed by atoms with Gasteiger partial charge in [0.25, 0.3) is 5.91 Å². The van der Waals surface area contributed by atoms with E-state index in [0.29, 0.717) is 0 Å². The predicted molar refractivity (Wildman–Crippen MR) is 80.8 cm³/mol. The first-order valence-electron chi connectivity index (χ1n) is 6.75. The van der Waals surface area contributed by atoms with Gasteiger partial charge in [-0.3, -0.25) is 14.9 Å². The molecule has 2 aromatic rings. The van der Waals surface area contributed by atoms with Crippen molar-refractivity contribution in [1.29, 1.82) is 0 Å². The Morgan fingerprint density at radius 1 is 1.33 bits per heavy atom. The molecule has 2 rings (SSSR count). The van der Waals surface area contributed by atoms with Crippen LogP contribution in [-0.2, 0) is 9.53 Å². The van der Waals surface area contributed by atoms with Gasteiger partial charge < -0.3 is 10.1 Å². The lowest BCUT2D eigenvalue weighted by atomic mass is 10.2. The second-order valence-corrected chi connectivity index (χ2v) is 4.68. The maximum absolute atomic E-state index is 13.2. The maximum atomic E-state index is 13.2. The molecule has 0 bridgehead atoms. The van der Waals surface area contributed by atoms with Gasteiger partial charge in [0.2, 0.25) is 5.82 Å². The third kappa shape index (κ3) is 4.09. The molecule has 0 radical (unpaired) electrons. The van der Waals surface area contributed by atoms with E-state index in [1.54, 1.807) is 12.1 Å². The molecular formula is C15H12FN3O5. The second-order valence-electron chi connectivity index (χ2n) is 4.68. The number of halogens is 1. The topological polar surface area (TPSA) is 111 Å². The monoisotopic (exact) mass is 333 g/mol. The van der Waals surface area contributed by atoms with E-state index in [1.807, 2.05) is 0 Å². The standard InChI is InChI=1S/C15H12FN3O5/c1-9(24-15(21)12-4-2-3-7-17-12)14(20)18-10-5-6-11(16)13(8-10)19(22)23/h2-9H,1H3,(H,18,20)/t9-/m0/s1. The largest absolute Gasteiger partial charge is 0.448 e. The van der Waals surface area contributed by atoms with E-state index in [-0.39, 0.29) is 11.4 Å². The van der Waals surface area contributed by atoms with Gasteiger partial charge >= 0.3 is 11.7 Å². The summed E-state index contributed by atoms with van der Waals surface area (Å²) in [4.78, 5) is 37.3. The molecule has 1 aromatic heterocycles. The first-order chi connectivity index (χ1) is 11.4. The number of anilines is 1. The molecule has 0 spiro atoms. The van der Waals surface area contributed by atoms with E-state index in [4.69, 9.17) is 4.74 Å². The average molecular weight is 333 g/mol. The van der Waals surface area contributed by atoms with Gasteiger partial charge in [-0.2, -0.15) is 4.39 Å². The van der Waals surface area contributed by atoms with Crippen molar-refractivity contribution in [3.05, 3.63) is 64.2 Å². The van der Waals surface area contributed by atoms with E-state index < -0.39 is 34.4 Å². The van der Waals surface area contributed by atoms with Crippen molar-refractivity contribution < 1.29 is 23.6 Å². The fourth-order valence-corrected chi connectivity index (χ4v) is 1.73. The number of nitro groups is 1. The molecule has 0 aliphatic heterocycles. The summed E-state index contributed by atoms with van der Waals surface area (Å²) in [7, 11) is 0. The number of nitrogens with zero attached hydrogens (tertiary/aromatic N) is 2. The zero-order valence-corrected chi connectivity index (χ0v) is 12.4. The van der Waals surface area contributed by atoms with Crippen molar-refractivity contribution >= 4 is 23.3 Å². The molecule has 24 heavy (non-hydrogen) atoms. The Bertz CT molecular complexity index is 782. The normalized spacial score (nSPS) is 11.4. The molecule has 124 valence electrons. The Morgan fingerprint density at radius 2 is 2.08 bits per heavy atom. The summed E-state index contributed by atoms with van der Waals surface area (Å²) >= 11 is 0. The van der Waals surface area contributed by atoms with Crippen molar-refractivity contribution in [2.24, 2.45) is 0 Å². The van der Waals surface area contributed by atoms with Crippen LogP contribution in [0.15, 0.2) is 42.6 Å². The molecule has 0 aliphatic carbocycles. The van der Waals surface area contributed by atoms with Crippen molar-refractivity contribution in [2.45, 2.75) is 13.0 Å². The highest BCUT2D eigenvalue weighted by atomic mass is 19.1. The van der Waals surface area contributed by atoms with E-state index in [9.17, 15) is 24.1 Å². The van der Waals surface area contributed by atoms with Crippen LogP contribution in [0, 0.1) is 15.9 Å². The van der Waals surface area contributed by atoms with Crippen LogP contribution in [-0.4, -0.2) is 27.9 Å². The zero-order valence-electron chi connectivity index (χ0n) is 12.4. The van der Waals surface area contributed by atoms with E-state index in [0.717, 1.165) is 18.2 Å². The number of benzene rings is 1. The lowest BCUT2D eigenvalue weighted by Crippen LogP contribution is -2.30. The van der Waals surface area contributed by atoms with Crippen LogP contribution in [0.4, 0.5) is 15.8 Å². The Hall–Kier alpha value is -3.36. The first kappa shape index (κ1) is 17.0. The SMILES string of the molecule is C[C@H](OC(=O)c1ccccn1)C(=O)Nc1ccc(F)c([N+](=O)[O-])c1. The van der Waals surface area contributed by atoms with E-state index in [1.165, 1.54) is 19.2 Å². The van der Waals surface area contributed by atoms with Crippen molar-refractivity contribution in [1.82, 2.24) is 4.98 Å². The molecule has 1 atom stereocenters. The minimum atomic E-state index is -1.18. The third-order valence-corrected chi connectivity index (χ3v) is 2.94. The summed E-state index contributed by atoms with van der Waals surface area (Å²) in [5, 5.41) is 13.0. The molecule has 1 amide bonds.